The fourth-order valence-electron chi connectivity index (χ4n) is 3.91. The zero-order valence-electron chi connectivity index (χ0n) is 15.2. The number of aliphatic hydroxyl groups excluding tert-OH is 1. The molecule has 1 aromatic carbocycles. The van der Waals surface area contributed by atoms with Crippen molar-refractivity contribution in [2.45, 2.75) is 75.5 Å². The molecule has 0 bridgehead atoms. The molecule has 5 nitrogen and oxygen atoms in total. The zero-order valence-corrected chi connectivity index (χ0v) is 15.2. The molecule has 0 radical (unpaired) electrons. The molecule has 2 aliphatic carbocycles. The molecule has 2 aromatic rings. The predicted octanol–water partition coefficient (Wildman–Crippen LogP) is 4.30. The molecule has 146 valence electrons. The predicted molar refractivity (Wildman–Crippen MR) is 99.3 cm³/mol. The summed E-state index contributed by atoms with van der Waals surface area (Å²) in [4.78, 5) is 9.01. The number of rotatable bonds is 4. The van der Waals surface area contributed by atoms with Crippen LogP contribution in [0.4, 0.5) is 14.7 Å². The average molecular weight is 377 g/mol. The SMILES string of the molecule is O[C@H]1CC[C@H](Nc2ncc3cccc(OC4CCC(F)(F)CC4)c3n2)CC1. The topological polar surface area (TPSA) is 67.3 Å². The van der Waals surface area contributed by atoms with Crippen LogP contribution in [0.5, 0.6) is 5.75 Å². The van der Waals surface area contributed by atoms with E-state index in [0.29, 0.717) is 30.1 Å². The maximum atomic E-state index is 13.4. The number of anilines is 1. The van der Waals surface area contributed by atoms with Crippen molar-refractivity contribution in [1.82, 2.24) is 9.97 Å². The number of ether oxygens (including phenoxy) is 1. The molecule has 0 aliphatic heterocycles. The molecule has 27 heavy (non-hydrogen) atoms. The van der Waals surface area contributed by atoms with Crippen molar-refractivity contribution in [3.8, 4) is 5.75 Å². The van der Waals surface area contributed by atoms with Crippen LogP contribution >= 0.6 is 0 Å². The number of hydrogen-bond donors (Lipinski definition) is 2. The number of halogens is 2. The molecular weight excluding hydrogens is 352 g/mol. The Morgan fingerprint density at radius 3 is 2.56 bits per heavy atom. The van der Waals surface area contributed by atoms with Crippen molar-refractivity contribution in [3.63, 3.8) is 0 Å². The van der Waals surface area contributed by atoms with Gasteiger partial charge in [-0.25, -0.2) is 18.7 Å². The Bertz CT molecular complexity index is 784. The van der Waals surface area contributed by atoms with Crippen LogP contribution in [0.2, 0.25) is 0 Å². The van der Waals surface area contributed by atoms with E-state index in [1.807, 2.05) is 18.2 Å². The summed E-state index contributed by atoms with van der Waals surface area (Å²) in [6, 6.07) is 5.87. The largest absolute Gasteiger partial charge is 0.488 e. The lowest BCUT2D eigenvalue weighted by atomic mass is 9.93. The number of nitrogens with one attached hydrogen (secondary N) is 1. The highest BCUT2D eigenvalue weighted by Gasteiger charge is 2.35. The molecule has 0 amide bonds. The average Bonchev–Trinajstić information content (AvgIpc) is 2.66. The number of fused-ring (bicyclic) bond motifs is 1. The van der Waals surface area contributed by atoms with Gasteiger partial charge in [-0.1, -0.05) is 12.1 Å². The van der Waals surface area contributed by atoms with E-state index in [2.05, 4.69) is 15.3 Å². The van der Waals surface area contributed by atoms with Crippen LogP contribution in [0.3, 0.4) is 0 Å². The van der Waals surface area contributed by atoms with Crippen molar-refractivity contribution < 1.29 is 18.6 Å². The number of benzene rings is 1. The van der Waals surface area contributed by atoms with Gasteiger partial charge in [0.1, 0.15) is 11.3 Å². The summed E-state index contributed by atoms with van der Waals surface area (Å²) < 4.78 is 32.8. The van der Waals surface area contributed by atoms with Crippen LogP contribution in [0.1, 0.15) is 51.4 Å². The second kappa shape index (κ2) is 7.54. The van der Waals surface area contributed by atoms with Gasteiger partial charge in [-0.15, -0.1) is 0 Å². The summed E-state index contributed by atoms with van der Waals surface area (Å²) in [6.07, 6.45) is 5.13. The number of aromatic nitrogens is 2. The van der Waals surface area contributed by atoms with Crippen molar-refractivity contribution in [1.29, 1.82) is 0 Å². The van der Waals surface area contributed by atoms with E-state index >= 15 is 0 Å². The summed E-state index contributed by atoms with van der Waals surface area (Å²) >= 11 is 0. The Morgan fingerprint density at radius 1 is 1.07 bits per heavy atom. The molecule has 4 rings (SSSR count). The maximum Gasteiger partial charge on any atom is 0.248 e. The molecule has 0 atom stereocenters. The van der Waals surface area contributed by atoms with Gasteiger partial charge in [-0.05, 0) is 44.6 Å². The van der Waals surface area contributed by atoms with Crippen LogP contribution in [0.15, 0.2) is 24.4 Å². The number of hydrogen-bond acceptors (Lipinski definition) is 5. The van der Waals surface area contributed by atoms with Gasteiger partial charge in [-0.3, -0.25) is 0 Å². The highest BCUT2D eigenvalue weighted by Crippen LogP contribution is 2.36. The van der Waals surface area contributed by atoms with Crippen molar-refractivity contribution >= 4 is 16.9 Å². The standard InChI is InChI=1S/C20H25F2N3O2/c21-20(22)10-8-16(9-11-20)27-17-3-1-2-13-12-23-19(25-18(13)17)24-14-4-6-15(26)7-5-14/h1-3,12,14-16,26H,4-11H2,(H,23,24,25)/t14-,15-. The first-order valence-corrected chi connectivity index (χ1v) is 9.73. The number of alkyl halides is 2. The third kappa shape index (κ3) is 4.46. The Morgan fingerprint density at radius 2 is 1.81 bits per heavy atom. The van der Waals surface area contributed by atoms with Gasteiger partial charge in [0, 0.05) is 30.5 Å². The summed E-state index contributed by atoms with van der Waals surface area (Å²) in [5.41, 5.74) is 0.697. The van der Waals surface area contributed by atoms with Gasteiger partial charge < -0.3 is 15.2 Å². The van der Waals surface area contributed by atoms with Crippen LogP contribution in [-0.2, 0) is 0 Å². The van der Waals surface area contributed by atoms with E-state index in [0.717, 1.165) is 31.1 Å². The van der Waals surface area contributed by atoms with Gasteiger partial charge in [0.25, 0.3) is 0 Å². The Balaban J connectivity index is 1.49. The quantitative estimate of drug-likeness (QED) is 0.831. The molecule has 1 heterocycles. The minimum absolute atomic E-state index is 0.127. The molecule has 2 fully saturated rings. The van der Waals surface area contributed by atoms with Crippen molar-refractivity contribution in [3.05, 3.63) is 24.4 Å². The second-order valence-corrected chi connectivity index (χ2v) is 7.71. The summed E-state index contributed by atoms with van der Waals surface area (Å²) in [6.45, 7) is 0. The van der Waals surface area contributed by atoms with Crippen molar-refractivity contribution in [2.75, 3.05) is 5.32 Å². The summed E-state index contributed by atoms with van der Waals surface area (Å²) in [7, 11) is 0. The smallest absolute Gasteiger partial charge is 0.248 e. The van der Waals surface area contributed by atoms with Gasteiger partial charge in [0.15, 0.2) is 0 Å². The number of para-hydroxylation sites is 1. The highest BCUT2D eigenvalue weighted by atomic mass is 19.3. The lowest BCUT2D eigenvalue weighted by molar-refractivity contribution is -0.0580. The number of nitrogens with zero attached hydrogens (tertiary/aromatic N) is 2. The summed E-state index contributed by atoms with van der Waals surface area (Å²) in [5.74, 6) is -1.41. The molecule has 0 saturated heterocycles. The molecule has 0 unspecified atom stereocenters. The van der Waals surface area contributed by atoms with Crippen LogP contribution in [0, 0.1) is 0 Å². The molecular formula is C20H25F2N3O2. The Labute approximate surface area is 157 Å². The first-order chi connectivity index (χ1) is 13.0. The third-order valence-electron chi connectivity index (χ3n) is 5.56. The van der Waals surface area contributed by atoms with Crippen LogP contribution < -0.4 is 10.1 Å². The van der Waals surface area contributed by atoms with Crippen LogP contribution in [-0.4, -0.2) is 39.2 Å². The van der Waals surface area contributed by atoms with Crippen molar-refractivity contribution in [2.24, 2.45) is 0 Å². The minimum Gasteiger partial charge on any atom is -0.488 e. The van der Waals surface area contributed by atoms with Gasteiger partial charge >= 0.3 is 0 Å². The van der Waals surface area contributed by atoms with E-state index < -0.39 is 5.92 Å². The number of aliphatic hydroxyl groups is 1. The maximum absolute atomic E-state index is 13.4. The van der Waals surface area contributed by atoms with E-state index in [1.165, 1.54) is 0 Å². The molecule has 7 heteroatoms. The molecule has 2 N–H and O–H groups in total. The molecule has 2 saturated carbocycles. The normalized spacial score (nSPS) is 26.0. The van der Waals surface area contributed by atoms with Gasteiger partial charge in [0.2, 0.25) is 11.9 Å². The monoisotopic (exact) mass is 377 g/mol. The van der Waals surface area contributed by atoms with Gasteiger partial charge in [-0.2, -0.15) is 0 Å². The molecule has 1 aromatic heterocycles. The van der Waals surface area contributed by atoms with Gasteiger partial charge in [0.05, 0.1) is 12.2 Å². The highest BCUT2D eigenvalue weighted by molar-refractivity contribution is 5.84. The van der Waals surface area contributed by atoms with Crippen LogP contribution in [0.25, 0.3) is 10.9 Å². The van der Waals surface area contributed by atoms with E-state index in [-0.39, 0.29) is 31.1 Å². The second-order valence-electron chi connectivity index (χ2n) is 7.71. The van der Waals surface area contributed by atoms with E-state index in [1.54, 1.807) is 6.20 Å². The first-order valence-electron chi connectivity index (χ1n) is 9.73. The first kappa shape index (κ1) is 18.3. The summed E-state index contributed by atoms with van der Waals surface area (Å²) in [5, 5.41) is 13.8. The van der Waals surface area contributed by atoms with E-state index in [4.69, 9.17) is 4.74 Å². The fourth-order valence-corrected chi connectivity index (χ4v) is 3.91. The fraction of sp³-hybridized carbons (Fsp3) is 0.600. The van der Waals surface area contributed by atoms with E-state index in [9.17, 15) is 13.9 Å². The zero-order chi connectivity index (χ0) is 18.9. The lowest BCUT2D eigenvalue weighted by Crippen LogP contribution is -2.30. The molecule has 2 aliphatic rings. The Kier molecular flexibility index (Phi) is 5.12. The minimum atomic E-state index is -2.56. The Hall–Kier alpha value is -2.02. The lowest BCUT2D eigenvalue weighted by Gasteiger charge is -2.29. The third-order valence-corrected chi connectivity index (χ3v) is 5.56. The molecule has 0 spiro atoms.